The van der Waals surface area contributed by atoms with Gasteiger partial charge in [-0.25, -0.2) is 13.1 Å². The summed E-state index contributed by atoms with van der Waals surface area (Å²) in [4.78, 5) is 11.9. The monoisotopic (exact) mass is 363 g/mol. The highest BCUT2D eigenvalue weighted by Gasteiger charge is 2.26. The van der Waals surface area contributed by atoms with Crippen molar-refractivity contribution in [1.82, 2.24) is 4.72 Å². The van der Waals surface area contributed by atoms with Crippen molar-refractivity contribution < 1.29 is 22.7 Å². The van der Waals surface area contributed by atoms with E-state index in [1.165, 1.54) is 24.3 Å². The van der Waals surface area contributed by atoms with Gasteiger partial charge in [0.1, 0.15) is 17.2 Å². The van der Waals surface area contributed by atoms with E-state index in [-0.39, 0.29) is 4.90 Å². The van der Waals surface area contributed by atoms with Gasteiger partial charge in [0.2, 0.25) is 5.91 Å². The van der Waals surface area contributed by atoms with Gasteiger partial charge in [-0.2, -0.15) is 0 Å². The number of benzene rings is 2. The molecule has 7 heteroatoms. The maximum absolute atomic E-state index is 12.2. The Balaban J connectivity index is 2.11. The third kappa shape index (κ3) is 4.96. The fraction of sp³-hybridized carbons (Fsp3) is 0.278. The maximum atomic E-state index is 12.2. The van der Waals surface area contributed by atoms with Gasteiger partial charge in [0, 0.05) is 5.41 Å². The van der Waals surface area contributed by atoms with Crippen molar-refractivity contribution in [3.05, 3.63) is 48.5 Å². The second-order valence-electron chi connectivity index (χ2n) is 6.43. The van der Waals surface area contributed by atoms with Gasteiger partial charge in [-0.3, -0.25) is 4.79 Å². The lowest BCUT2D eigenvalue weighted by Gasteiger charge is -2.17. The molecule has 0 atom stereocenters. The molecule has 6 nitrogen and oxygen atoms in total. The number of methoxy groups -OCH3 is 1. The molecule has 0 aliphatic heterocycles. The first-order chi connectivity index (χ1) is 11.6. The minimum atomic E-state index is -3.91. The molecule has 0 spiro atoms. The summed E-state index contributed by atoms with van der Waals surface area (Å²) in [5.74, 6) is 1.22. The molecule has 0 bridgehead atoms. The van der Waals surface area contributed by atoms with Crippen LogP contribution in [0.1, 0.15) is 20.8 Å². The summed E-state index contributed by atoms with van der Waals surface area (Å²) in [6, 6.07) is 12.8. The van der Waals surface area contributed by atoms with Gasteiger partial charge in [-0.15, -0.1) is 0 Å². The van der Waals surface area contributed by atoms with E-state index >= 15 is 0 Å². The van der Waals surface area contributed by atoms with Gasteiger partial charge >= 0.3 is 0 Å². The number of ether oxygens (including phenoxy) is 2. The molecule has 1 amide bonds. The van der Waals surface area contributed by atoms with E-state index in [1.54, 1.807) is 52.1 Å². The van der Waals surface area contributed by atoms with E-state index in [4.69, 9.17) is 9.47 Å². The summed E-state index contributed by atoms with van der Waals surface area (Å²) < 4.78 is 37.3. The quantitative estimate of drug-likeness (QED) is 0.881. The second-order valence-corrected chi connectivity index (χ2v) is 8.12. The van der Waals surface area contributed by atoms with Crippen molar-refractivity contribution in [3.63, 3.8) is 0 Å². The van der Waals surface area contributed by atoms with Crippen molar-refractivity contribution in [2.24, 2.45) is 5.41 Å². The van der Waals surface area contributed by atoms with Crippen LogP contribution in [0.25, 0.3) is 0 Å². The molecular formula is C18H21NO5S. The van der Waals surface area contributed by atoms with Crippen molar-refractivity contribution >= 4 is 15.9 Å². The third-order valence-electron chi connectivity index (χ3n) is 3.34. The first kappa shape index (κ1) is 18.8. The van der Waals surface area contributed by atoms with E-state index in [0.717, 1.165) is 0 Å². The number of carbonyl (C=O) groups excluding carboxylic acids is 1. The van der Waals surface area contributed by atoms with Gasteiger partial charge in [0.25, 0.3) is 10.0 Å². The fourth-order valence-corrected chi connectivity index (χ4v) is 2.96. The summed E-state index contributed by atoms with van der Waals surface area (Å²) in [6.45, 7) is 4.93. The standard InChI is InChI=1S/C18H21NO5S/c1-18(2,3)17(20)19-25(21,22)16-11-9-15(10-12-16)24-14-7-5-13(23-4)6-8-14/h5-12H,1-4H3,(H,19,20). The summed E-state index contributed by atoms with van der Waals surface area (Å²) in [5.41, 5.74) is -0.801. The van der Waals surface area contributed by atoms with Crippen LogP contribution >= 0.6 is 0 Å². The predicted octanol–water partition coefficient (Wildman–Crippen LogP) is 3.34. The van der Waals surface area contributed by atoms with Crippen LogP contribution in [0.15, 0.2) is 53.4 Å². The largest absolute Gasteiger partial charge is 0.497 e. The zero-order valence-corrected chi connectivity index (χ0v) is 15.4. The van der Waals surface area contributed by atoms with E-state index in [9.17, 15) is 13.2 Å². The Morgan fingerprint density at radius 2 is 1.32 bits per heavy atom. The minimum absolute atomic E-state index is 0.00724. The molecule has 0 heterocycles. The number of hydrogen-bond acceptors (Lipinski definition) is 5. The summed E-state index contributed by atoms with van der Waals surface area (Å²) in [5, 5.41) is 0. The van der Waals surface area contributed by atoms with Crippen molar-refractivity contribution in [3.8, 4) is 17.2 Å². The highest BCUT2D eigenvalue weighted by molar-refractivity contribution is 7.90. The Morgan fingerprint density at radius 3 is 1.76 bits per heavy atom. The van der Waals surface area contributed by atoms with Gasteiger partial charge in [0.15, 0.2) is 0 Å². The summed E-state index contributed by atoms with van der Waals surface area (Å²) >= 11 is 0. The number of sulfonamides is 1. The summed E-state index contributed by atoms with van der Waals surface area (Å²) in [6.07, 6.45) is 0. The Hall–Kier alpha value is -2.54. The molecule has 0 aromatic heterocycles. The molecule has 1 N–H and O–H groups in total. The van der Waals surface area contributed by atoms with E-state index in [0.29, 0.717) is 17.2 Å². The van der Waals surface area contributed by atoms with Crippen molar-refractivity contribution in [2.75, 3.05) is 7.11 Å². The Bertz CT molecular complexity index is 835. The van der Waals surface area contributed by atoms with Gasteiger partial charge in [-0.05, 0) is 48.5 Å². The van der Waals surface area contributed by atoms with Crippen molar-refractivity contribution in [1.29, 1.82) is 0 Å². The zero-order chi connectivity index (χ0) is 18.7. The van der Waals surface area contributed by atoms with Crippen LogP contribution in [0.2, 0.25) is 0 Å². The Morgan fingerprint density at radius 1 is 0.880 bits per heavy atom. The number of carbonyl (C=O) groups is 1. The molecule has 0 saturated heterocycles. The summed E-state index contributed by atoms with van der Waals surface area (Å²) in [7, 11) is -2.34. The smallest absolute Gasteiger partial charge is 0.264 e. The van der Waals surface area contributed by atoms with Crippen LogP contribution < -0.4 is 14.2 Å². The fourth-order valence-electron chi connectivity index (χ4n) is 1.80. The predicted molar refractivity (Wildman–Crippen MR) is 94.3 cm³/mol. The molecule has 0 saturated carbocycles. The molecule has 134 valence electrons. The van der Waals surface area contributed by atoms with Crippen LogP contribution in [0.3, 0.4) is 0 Å². The first-order valence-electron chi connectivity index (χ1n) is 7.61. The average molecular weight is 363 g/mol. The number of nitrogens with one attached hydrogen (secondary N) is 1. The molecule has 0 aliphatic carbocycles. The number of hydrogen-bond donors (Lipinski definition) is 1. The Labute approximate surface area is 147 Å². The van der Waals surface area contributed by atoms with E-state index in [2.05, 4.69) is 4.72 Å². The van der Waals surface area contributed by atoms with Gasteiger partial charge in [-0.1, -0.05) is 20.8 Å². The van der Waals surface area contributed by atoms with Gasteiger partial charge in [0.05, 0.1) is 12.0 Å². The van der Waals surface area contributed by atoms with E-state index < -0.39 is 21.3 Å². The molecular weight excluding hydrogens is 342 g/mol. The minimum Gasteiger partial charge on any atom is -0.497 e. The normalized spacial score (nSPS) is 11.7. The number of amides is 1. The van der Waals surface area contributed by atoms with Crippen LogP contribution in [-0.4, -0.2) is 21.4 Å². The SMILES string of the molecule is COc1ccc(Oc2ccc(S(=O)(=O)NC(=O)C(C)(C)C)cc2)cc1. The first-order valence-corrected chi connectivity index (χ1v) is 9.09. The lowest BCUT2D eigenvalue weighted by Crippen LogP contribution is -2.38. The molecule has 2 rings (SSSR count). The molecule has 2 aromatic carbocycles. The average Bonchev–Trinajstić information content (AvgIpc) is 2.55. The molecule has 0 unspecified atom stereocenters. The second kappa shape index (κ2) is 7.14. The van der Waals surface area contributed by atoms with Crippen LogP contribution in [0.4, 0.5) is 0 Å². The van der Waals surface area contributed by atoms with Crippen LogP contribution in [0, 0.1) is 5.41 Å². The zero-order valence-electron chi connectivity index (χ0n) is 14.6. The molecule has 0 aliphatic rings. The van der Waals surface area contributed by atoms with Gasteiger partial charge < -0.3 is 9.47 Å². The third-order valence-corrected chi connectivity index (χ3v) is 4.68. The highest BCUT2D eigenvalue weighted by atomic mass is 32.2. The highest BCUT2D eigenvalue weighted by Crippen LogP contribution is 2.25. The lowest BCUT2D eigenvalue weighted by molar-refractivity contribution is -0.126. The topological polar surface area (TPSA) is 81.7 Å². The van der Waals surface area contributed by atoms with Crippen molar-refractivity contribution in [2.45, 2.75) is 25.7 Å². The van der Waals surface area contributed by atoms with E-state index in [1.807, 2.05) is 0 Å². The molecule has 25 heavy (non-hydrogen) atoms. The Kier molecular flexibility index (Phi) is 5.37. The molecule has 0 radical (unpaired) electrons. The van der Waals surface area contributed by atoms with Crippen LogP contribution in [-0.2, 0) is 14.8 Å². The lowest BCUT2D eigenvalue weighted by atomic mass is 9.96. The van der Waals surface area contributed by atoms with Crippen LogP contribution in [0.5, 0.6) is 17.2 Å². The molecule has 2 aromatic rings. The maximum Gasteiger partial charge on any atom is 0.264 e. The number of rotatable bonds is 5. The molecule has 0 fully saturated rings.